The van der Waals surface area contributed by atoms with Crippen molar-refractivity contribution in [1.29, 1.82) is 0 Å². The maximum absolute atomic E-state index is 5.01. The number of nitrogens with zero attached hydrogens (tertiary/aromatic N) is 2. The molecule has 19 heavy (non-hydrogen) atoms. The fourth-order valence-corrected chi connectivity index (χ4v) is 4.65. The summed E-state index contributed by atoms with van der Waals surface area (Å²) in [5, 5.41) is 4.34. The molecular formula is C13H21N3OS2. The molecule has 1 fully saturated rings. The summed E-state index contributed by atoms with van der Waals surface area (Å²) in [6.45, 7) is 4.62. The molecule has 0 spiro atoms. The van der Waals surface area contributed by atoms with Crippen LogP contribution in [0.3, 0.4) is 0 Å². The van der Waals surface area contributed by atoms with Crippen LogP contribution in [0.1, 0.15) is 23.7 Å². The quantitative estimate of drug-likeness (QED) is 0.812. The normalized spacial score (nSPS) is 23.5. The van der Waals surface area contributed by atoms with E-state index in [1.54, 1.807) is 7.11 Å². The molecular weight excluding hydrogens is 278 g/mol. The Balaban J connectivity index is 1.94. The summed E-state index contributed by atoms with van der Waals surface area (Å²) in [7, 11) is 1.71. The molecule has 1 saturated heterocycles. The van der Waals surface area contributed by atoms with Gasteiger partial charge >= 0.3 is 0 Å². The molecule has 1 aromatic rings. The van der Waals surface area contributed by atoms with Crippen molar-refractivity contribution in [2.75, 3.05) is 31.8 Å². The first kappa shape index (κ1) is 15.1. The van der Waals surface area contributed by atoms with Crippen molar-refractivity contribution in [1.82, 2.24) is 15.3 Å². The van der Waals surface area contributed by atoms with Gasteiger partial charge in [0.05, 0.1) is 17.6 Å². The third-order valence-electron chi connectivity index (χ3n) is 2.96. The second kappa shape index (κ2) is 8.09. The molecule has 2 unspecified atom stereocenters. The van der Waals surface area contributed by atoms with Gasteiger partial charge in [-0.15, -0.1) is 11.8 Å². The lowest BCUT2D eigenvalue weighted by atomic mass is 10.3. The highest BCUT2D eigenvalue weighted by molar-refractivity contribution is 8.06. The Morgan fingerprint density at radius 3 is 3.05 bits per heavy atom. The van der Waals surface area contributed by atoms with Crippen LogP contribution in [0.4, 0.5) is 0 Å². The van der Waals surface area contributed by atoms with E-state index in [2.05, 4.69) is 17.2 Å². The van der Waals surface area contributed by atoms with Gasteiger partial charge < -0.3 is 10.1 Å². The van der Waals surface area contributed by atoms with Crippen LogP contribution in [0.15, 0.2) is 12.3 Å². The van der Waals surface area contributed by atoms with Crippen molar-refractivity contribution < 1.29 is 4.74 Å². The molecule has 2 atom stereocenters. The maximum atomic E-state index is 5.01. The lowest BCUT2D eigenvalue weighted by Gasteiger charge is -2.26. The molecule has 1 N–H and O–H groups in total. The number of nitrogens with one attached hydrogen (secondary N) is 1. The predicted molar refractivity (Wildman–Crippen MR) is 82.7 cm³/mol. The van der Waals surface area contributed by atoms with E-state index in [9.17, 15) is 0 Å². The van der Waals surface area contributed by atoms with Crippen LogP contribution in [0.25, 0.3) is 0 Å². The van der Waals surface area contributed by atoms with Gasteiger partial charge in [-0.1, -0.05) is 6.92 Å². The van der Waals surface area contributed by atoms with E-state index in [1.165, 1.54) is 11.5 Å². The van der Waals surface area contributed by atoms with Gasteiger partial charge in [-0.25, -0.2) is 9.97 Å². The maximum Gasteiger partial charge on any atom is 0.142 e. The summed E-state index contributed by atoms with van der Waals surface area (Å²) < 4.78 is 5.01. The Hall–Kier alpha value is -0.300. The van der Waals surface area contributed by atoms with Crippen molar-refractivity contribution in [3.05, 3.63) is 23.8 Å². The van der Waals surface area contributed by atoms with Crippen molar-refractivity contribution in [2.24, 2.45) is 0 Å². The lowest BCUT2D eigenvalue weighted by molar-refractivity contribution is 0.199. The number of hydrogen-bond acceptors (Lipinski definition) is 6. The first-order valence-electron chi connectivity index (χ1n) is 6.56. The van der Waals surface area contributed by atoms with Gasteiger partial charge in [-0.3, -0.25) is 0 Å². The molecule has 1 aliphatic heterocycles. The highest BCUT2D eigenvalue weighted by Crippen LogP contribution is 2.40. The number of hydrogen-bond donors (Lipinski definition) is 1. The third kappa shape index (κ3) is 4.63. The van der Waals surface area contributed by atoms with E-state index >= 15 is 0 Å². The molecule has 0 aliphatic carbocycles. The van der Waals surface area contributed by atoms with Crippen molar-refractivity contribution in [3.8, 4) is 0 Å². The molecule has 0 radical (unpaired) electrons. The van der Waals surface area contributed by atoms with Crippen LogP contribution < -0.4 is 5.32 Å². The van der Waals surface area contributed by atoms with E-state index in [4.69, 9.17) is 9.72 Å². The minimum atomic E-state index is 0.428. The van der Waals surface area contributed by atoms with Gasteiger partial charge in [0.25, 0.3) is 0 Å². The van der Waals surface area contributed by atoms with E-state index in [-0.39, 0.29) is 0 Å². The Labute approximate surface area is 123 Å². The molecule has 1 aromatic heterocycles. The van der Waals surface area contributed by atoms with Crippen LogP contribution in [0.2, 0.25) is 0 Å². The zero-order chi connectivity index (χ0) is 13.5. The third-order valence-corrected chi connectivity index (χ3v) is 6.05. The van der Waals surface area contributed by atoms with Crippen LogP contribution >= 0.6 is 23.5 Å². The highest BCUT2D eigenvalue weighted by Gasteiger charge is 2.26. The van der Waals surface area contributed by atoms with Crippen molar-refractivity contribution in [3.63, 3.8) is 0 Å². The van der Waals surface area contributed by atoms with Crippen molar-refractivity contribution in [2.45, 2.75) is 24.0 Å². The first-order valence-corrected chi connectivity index (χ1v) is 8.65. The molecule has 0 bridgehead atoms. The van der Waals surface area contributed by atoms with Gasteiger partial charge in [-0.05, 0) is 6.07 Å². The Morgan fingerprint density at radius 2 is 2.26 bits per heavy atom. The van der Waals surface area contributed by atoms with Gasteiger partial charge in [-0.2, -0.15) is 11.8 Å². The van der Waals surface area contributed by atoms with Gasteiger partial charge in [0.1, 0.15) is 5.82 Å². The Bertz CT molecular complexity index is 392. The smallest absolute Gasteiger partial charge is 0.142 e. The summed E-state index contributed by atoms with van der Waals surface area (Å²) in [4.78, 5) is 9.16. The molecule has 4 nitrogen and oxygen atoms in total. The molecule has 1 aliphatic rings. The first-order chi connectivity index (χ1) is 9.31. The second-order valence-electron chi connectivity index (χ2n) is 4.44. The minimum Gasteiger partial charge on any atom is -0.383 e. The standard InChI is InChI=1S/C13H21N3OS2/c1-10-12(19-8-7-18-10)13-15-4-3-11(16-13)9-14-5-6-17-2/h3-4,10,12,14H,5-9H2,1-2H3. The number of thioether (sulfide) groups is 2. The average Bonchev–Trinajstić information content (AvgIpc) is 2.44. The summed E-state index contributed by atoms with van der Waals surface area (Å²) in [5.41, 5.74) is 1.06. The molecule has 2 heterocycles. The van der Waals surface area contributed by atoms with E-state index in [0.29, 0.717) is 10.5 Å². The zero-order valence-corrected chi connectivity index (χ0v) is 13.1. The summed E-state index contributed by atoms with van der Waals surface area (Å²) in [6, 6.07) is 1.98. The molecule has 0 saturated carbocycles. The van der Waals surface area contributed by atoms with E-state index in [1.807, 2.05) is 35.8 Å². The number of ether oxygens (including phenoxy) is 1. The van der Waals surface area contributed by atoms with Gasteiger partial charge in [0.2, 0.25) is 0 Å². The predicted octanol–water partition coefficient (Wildman–Crippen LogP) is 2.12. The molecule has 2 rings (SSSR count). The monoisotopic (exact) mass is 299 g/mol. The molecule has 0 aromatic carbocycles. The second-order valence-corrected chi connectivity index (χ2v) is 7.18. The number of methoxy groups -OCH3 is 1. The van der Waals surface area contributed by atoms with Gasteiger partial charge in [0.15, 0.2) is 0 Å². The molecule has 106 valence electrons. The van der Waals surface area contributed by atoms with Crippen LogP contribution in [0.5, 0.6) is 0 Å². The zero-order valence-electron chi connectivity index (χ0n) is 11.5. The SMILES string of the molecule is COCCNCc1ccnc(C2SCCSC2C)n1. The van der Waals surface area contributed by atoms with E-state index < -0.39 is 0 Å². The highest BCUT2D eigenvalue weighted by atomic mass is 32.2. The summed E-state index contributed by atoms with van der Waals surface area (Å²) >= 11 is 4.00. The van der Waals surface area contributed by atoms with Crippen molar-refractivity contribution >= 4 is 23.5 Å². The average molecular weight is 299 g/mol. The Morgan fingerprint density at radius 1 is 1.42 bits per heavy atom. The molecule has 6 heteroatoms. The molecule has 0 amide bonds. The van der Waals surface area contributed by atoms with Crippen LogP contribution in [-0.4, -0.2) is 47.0 Å². The summed E-state index contributed by atoms with van der Waals surface area (Å²) in [6.07, 6.45) is 1.88. The van der Waals surface area contributed by atoms with Crippen LogP contribution in [-0.2, 0) is 11.3 Å². The fourth-order valence-electron chi connectivity index (χ4n) is 1.96. The fraction of sp³-hybridized carbons (Fsp3) is 0.692. The van der Waals surface area contributed by atoms with Crippen LogP contribution in [0, 0.1) is 0 Å². The Kier molecular flexibility index (Phi) is 6.43. The number of aromatic nitrogens is 2. The number of rotatable bonds is 6. The lowest BCUT2D eigenvalue weighted by Crippen LogP contribution is -2.21. The summed E-state index contributed by atoms with van der Waals surface area (Å²) in [5.74, 6) is 3.41. The van der Waals surface area contributed by atoms with Gasteiger partial charge in [0, 0.05) is 43.2 Å². The largest absolute Gasteiger partial charge is 0.383 e. The van der Waals surface area contributed by atoms with E-state index in [0.717, 1.165) is 31.2 Å². The topological polar surface area (TPSA) is 47.0 Å². The minimum absolute atomic E-state index is 0.428.